The molecule has 0 aliphatic carbocycles. The molecule has 0 saturated carbocycles. The number of hydrogen-bond acceptors (Lipinski definition) is 1. The molecule has 4 heteroatoms. The van der Waals surface area contributed by atoms with Crippen molar-refractivity contribution in [3.05, 3.63) is 58.3 Å². The van der Waals surface area contributed by atoms with Crippen molar-refractivity contribution in [2.75, 3.05) is 0 Å². The van der Waals surface area contributed by atoms with Crippen LogP contribution in [0, 0.1) is 0 Å². The lowest BCUT2D eigenvalue weighted by molar-refractivity contribution is 0.0697. The summed E-state index contributed by atoms with van der Waals surface area (Å²) in [6, 6.07) is 11.7. The highest BCUT2D eigenvalue weighted by Crippen LogP contribution is 2.16. The Morgan fingerprint density at radius 3 is 2.59 bits per heavy atom. The standard InChI is InChI=1S/C13H12BrNO2/c14-12-8-11(13(16)17)9-15(12)7-6-10-4-2-1-3-5-10/h1-5,8-9H,6-7H2,(H,16,17). The number of halogens is 1. The smallest absolute Gasteiger partial charge is 0.337 e. The molecule has 2 aromatic rings. The van der Waals surface area contributed by atoms with Gasteiger partial charge in [0.2, 0.25) is 0 Å². The van der Waals surface area contributed by atoms with Crippen LogP contribution in [0.15, 0.2) is 47.2 Å². The van der Waals surface area contributed by atoms with Crippen molar-refractivity contribution in [2.45, 2.75) is 13.0 Å². The number of aromatic carboxylic acids is 1. The maximum atomic E-state index is 10.8. The Labute approximate surface area is 108 Å². The van der Waals surface area contributed by atoms with Crippen LogP contribution in [0.2, 0.25) is 0 Å². The Bertz CT molecular complexity index is 519. The van der Waals surface area contributed by atoms with Crippen LogP contribution in [0.3, 0.4) is 0 Å². The Hall–Kier alpha value is -1.55. The molecular formula is C13H12BrNO2. The van der Waals surface area contributed by atoms with E-state index in [9.17, 15) is 4.79 Å². The number of aromatic nitrogens is 1. The molecule has 0 aliphatic heterocycles. The molecule has 1 N–H and O–H groups in total. The third-order valence-corrected chi connectivity index (χ3v) is 3.26. The lowest BCUT2D eigenvalue weighted by Gasteiger charge is -2.04. The van der Waals surface area contributed by atoms with Crippen LogP contribution in [0.1, 0.15) is 15.9 Å². The zero-order valence-corrected chi connectivity index (χ0v) is 10.7. The maximum absolute atomic E-state index is 10.8. The third-order valence-electron chi connectivity index (χ3n) is 2.58. The van der Waals surface area contributed by atoms with E-state index in [1.165, 1.54) is 5.56 Å². The average molecular weight is 294 g/mol. The minimum Gasteiger partial charge on any atom is -0.478 e. The Morgan fingerprint density at radius 1 is 1.29 bits per heavy atom. The van der Waals surface area contributed by atoms with E-state index in [1.54, 1.807) is 12.3 Å². The van der Waals surface area contributed by atoms with E-state index in [4.69, 9.17) is 5.11 Å². The van der Waals surface area contributed by atoms with Crippen molar-refractivity contribution in [2.24, 2.45) is 0 Å². The summed E-state index contributed by atoms with van der Waals surface area (Å²) in [6.45, 7) is 0.762. The molecule has 0 aliphatic rings. The van der Waals surface area contributed by atoms with Crippen molar-refractivity contribution in [1.29, 1.82) is 0 Å². The number of hydrogen-bond donors (Lipinski definition) is 1. The van der Waals surface area contributed by atoms with Gasteiger partial charge in [-0.15, -0.1) is 0 Å². The van der Waals surface area contributed by atoms with Gasteiger partial charge in [0, 0.05) is 12.7 Å². The largest absolute Gasteiger partial charge is 0.478 e. The molecule has 0 radical (unpaired) electrons. The summed E-state index contributed by atoms with van der Waals surface area (Å²) < 4.78 is 2.70. The van der Waals surface area contributed by atoms with E-state index in [0.29, 0.717) is 5.56 Å². The van der Waals surface area contributed by atoms with E-state index in [2.05, 4.69) is 28.1 Å². The second-order valence-corrected chi connectivity index (χ2v) is 4.60. The third kappa shape index (κ3) is 2.97. The molecule has 0 bridgehead atoms. The van der Waals surface area contributed by atoms with Crippen molar-refractivity contribution in [3.8, 4) is 0 Å². The fraction of sp³-hybridized carbons (Fsp3) is 0.154. The molecule has 3 nitrogen and oxygen atoms in total. The van der Waals surface area contributed by atoms with E-state index >= 15 is 0 Å². The predicted molar refractivity (Wildman–Crippen MR) is 69.2 cm³/mol. The maximum Gasteiger partial charge on any atom is 0.337 e. The predicted octanol–water partition coefficient (Wildman–Crippen LogP) is 3.19. The van der Waals surface area contributed by atoms with Crippen molar-refractivity contribution < 1.29 is 9.90 Å². The normalized spacial score (nSPS) is 10.4. The molecule has 0 spiro atoms. The summed E-state index contributed by atoms with van der Waals surface area (Å²) >= 11 is 3.36. The fourth-order valence-electron chi connectivity index (χ4n) is 1.66. The number of benzene rings is 1. The van der Waals surface area contributed by atoms with Crippen molar-refractivity contribution in [3.63, 3.8) is 0 Å². The second-order valence-electron chi connectivity index (χ2n) is 3.79. The first-order valence-corrected chi connectivity index (χ1v) is 6.09. The van der Waals surface area contributed by atoms with Crippen LogP contribution in [-0.4, -0.2) is 15.6 Å². The number of carboxylic acid groups (broad SMARTS) is 1. The molecule has 0 amide bonds. The highest BCUT2D eigenvalue weighted by molar-refractivity contribution is 9.10. The van der Waals surface area contributed by atoms with Gasteiger partial charge in [-0.1, -0.05) is 30.3 Å². The summed E-state index contributed by atoms with van der Waals surface area (Å²) in [6.07, 6.45) is 2.53. The summed E-state index contributed by atoms with van der Waals surface area (Å²) in [5.74, 6) is -0.899. The number of nitrogens with zero attached hydrogens (tertiary/aromatic N) is 1. The zero-order valence-electron chi connectivity index (χ0n) is 9.14. The van der Waals surface area contributed by atoms with Gasteiger partial charge >= 0.3 is 5.97 Å². The van der Waals surface area contributed by atoms with Crippen LogP contribution in [0.25, 0.3) is 0 Å². The van der Waals surface area contributed by atoms with Crippen LogP contribution < -0.4 is 0 Å². The van der Waals surface area contributed by atoms with Gasteiger partial charge in [-0.2, -0.15) is 0 Å². The van der Waals surface area contributed by atoms with Gasteiger partial charge in [-0.05, 0) is 34.0 Å². The van der Waals surface area contributed by atoms with Gasteiger partial charge in [0.25, 0.3) is 0 Å². The molecule has 88 valence electrons. The van der Waals surface area contributed by atoms with Gasteiger partial charge in [0.1, 0.15) is 0 Å². The first-order valence-electron chi connectivity index (χ1n) is 5.30. The SMILES string of the molecule is O=C(O)c1cc(Br)n(CCc2ccccc2)c1. The van der Waals surface area contributed by atoms with E-state index < -0.39 is 5.97 Å². The van der Waals surface area contributed by atoms with Crippen molar-refractivity contribution >= 4 is 21.9 Å². The minimum absolute atomic E-state index is 0.310. The molecule has 17 heavy (non-hydrogen) atoms. The lowest BCUT2D eigenvalue weighted by Crippen LogP contribution is -2.00. The second kappa shape index (κ2) is 5.19. The number of carboxylic acids is 1. The van der Waals surface area contributed by atoms with E-state index in [-0.39, 0.29) is 0 Å². The summed E-state index contributed by atoms with van der Waals surface area (Å²) in [7, 11) is 0. The number of aryl methyl sites for hydroxylation is 2. The van der Waals surface area contributed by atoms with Crippen LogP contribution >= 0.6 is 15.9 Å². The summed E-state index contributed by atoms with van der Waals surface area (Å²) in [5.41, 5.74) is 1.55. The monoisotopic (exact) mass is 293 g/mol. The number of rotatable bonds is 4. The molecule has 2 rings (SSSR count). The summed E-state index contributed by atoms with van der Waals surface area (Å²) in [4.78, 5) is 10.8. The van der Waals surface area contributed by atoms with Crippen LogP contribution in [-0.2, 0) is 13.0 Å². The molecule has 0 unspecified atom stereocenters. The van der Waals surface area contributed by atoms with Crippen LogP contribution in [0.4, 0.5) is 0 Å². The lowest BCUT2D eigenvalue weighted by atomic mass is 10.1. The highest BCUT2D eigenvalue weighted by atomic mass is 79.9. The molecule has 1 aromatic carbocycles. The fourth-order valence-corrected chi connectivity index (χ4v) is 2.19. The Morgan fingerprint density at radius 2 is 2.00 bits per heavy atom. The highest BCUT2D eigenvalue weighted by Gasteiger charge is 2.08. The molecular weight excluding hydrogens is 282 g/mol. The zero-order chi connectivity index (χ0) is 12.3. The topological polar surface area (TPSA) is 42.2 Å². The Kier molecular flexibility index (Phi) is 3.64. The summed E-state index contributed by atoms with van der Waals surface area (Å²) in [5, 5.41) is 8.87. The first kappa shape index (κ1) is 11.9. The quantitative estimate of drug-likeness (QED) is 0.941. The van der Waals surface area contributed by atoms with Crippen molar-refractivity contribution in [1.82, 2.24) is 4.57 Å². The van der Waals surface area contributed by atoms with E-state index in [0.717, 1.165) is 17.6 Å². The van der Waals surface area contributed by atoms with Gasteiger partial charge in [-0.3, -0.25) is 0 Å². The van der Waals surface area contributed by atoms with Gasteiger partial charge in [0.15, 0.2) is 0 Å². The Balaban J connectivity index is 2.07. The minimum atomic E-state index is -0.899. The molecule has 1 heterocycles. The first-order chi connectivity index (χ1) is 8.16. The van der Waals surface area contributed by atoms with Gasteiger partial charge in [-0.25, -0.2) is 4.79 Å². The molecule has 0 saturated heterocycles. The van der Waals surface area contributed by atoms with E-state index in [1.807, 2.05) is 22.8 Å². The average Bonchev–Trinajstić information content (AvgIpc) is 2.70. The molecule has 0 atom stereocenters. The van der Waals surface area contributed by atoms with Gasteiger partial charge < -0.3 is 9.67 Å². The molecule has 1 aromatic heterocycles. The number of carbonyl (C=O) groups is 1. The molecule has 0 fully saturated rings. The van der Waals surface area contributed by atoms with Gasteiger partial charge in [0.05, 0.1) is 10.2 Å². The van der Waals surface area contributed by atoms with Crippen LogP contribution in [0.5, 0.6) is 0 Å².